The lowest BCUT2D eigenvalue weighted by Gasteiger charge is -2.16. The second kappa shape index (κ2) is 10.3. The molecule has 0 aliphatic heterocycles. The normalized spacial score (nSPS) is 12.2. The number of anilines is 1. The fraction of sp³-hybridized carbons (Fsp3) is 0.259. The molecule has 2 heterocycles. The molecule has 0 saturated carbocycles. The van der Waals surface area contributed by atoms with Crippen LogP contribution in [-0.2, 0) is 29.4 Å². The fourth-order valence-electron chi connectivity index (χ4n) is 4.40. The van der Waals surface area contributed by atoms with Crippen molar-refractivity contribution in [2.75, 3.05) is 17.7 Å². The maximum Gasteiger partial charge on any atom is 0.341 e. The van der Waals surface area contributed by atoms with E-state index >= 15 is 0 Å². The number of nitrogens with zero attached hydrogens (tertiary/aromatic N) is 2. The standard InChI is InChI=1S/C27H25N3O4S2/c1-3-34-26(33)22-19-13-12-16-8-4-5-9-17(16)23(19)36-24(22)29-21(31)14-15-35-27-28-20-11-7-6-10-18(20)25(32)30(27)2/h4-11H,3,12-15H2,1-2H3,(H,29,31). The molecule has 2 aromatic carbocycles. The van der Waals surface area contributed by atoms with E-state index in [9.17, 15) is 14.4 Å². The van der Waals surface area contributed by atoms with Crippen LogP contribution in [0.3, 0.4) is 0 Å². The van der Waals surface area contributed by atoms with Crippen LogP contribution < -0.4 is 10.9 Å². The van der Waals surface area contributed by atoms with E-state index in [4.69, 9.17) is 4.74 Å². The number of hydrogen-bond donors (Lipinski definition) is 1. The number of ether oxygens (including phenoxy) is 1. The van der Waals surface area contributed by atoms with Crippen LogP contribution in [0.5, 0.6) is 0 Å². The van der Waals surface area contributed by atoms with Gasteiger partial charge in [-0.1, -0.05) is 48.2 Å². The summed E-state index contributed by atoms with van der Waals surface area (Å²) in [5, 5.41) is 4.61. The largest absolute Gasteiger partial charge is 0.462 e. The van der Waals surface area contributed by atoms with Gasteiger partial charge in [-0.3, -0.25) is 14.2 Å². The number of amides is 1. The zero-order valence-electron chi connectivity index (χ0n) is 20.0. The molecule has 7 nitrogen and oxygen atoms in total. The van der Waals surface area contributed by atoms with Crippen LogP contribution in [0.1, 0.15) is 34.8 Å². The number of thiophene rings is 1. The molecule has 1 aliphatic carbocycles. The second-order valence-corrected chi connectivity index (χ2v) is 10.5. The lowest BCUT2D eigenvalue weighted by atomic mass is 9.89. The van der Waals surface area contributed by atoms with Crippen LogP contribution in [0, 0.1) is 0 Å². The molecular formula is C27H25N3O4S2. The van der Waals surface area contributed by atoms with Crippen molar-refractivity contribution >= 4 is 50.9 Å². The van der Waals surface area contributed by atoms with E-state index < -0.39 is 5.97 Å². The number of carbonyl (C=O) groups is 2. The van der Waals surface area contributed by atoms with E-state index in [2.05, 4.69) is 22.4 Å². The summed E-state index contributed by atoms with van der Waals surface area (Å²) in [5.41, 5.74) is 4.27. The molecule has 0 unspecified atom stereocenters. The van der Waals surface area contributed by atoms with E-state index in [0.717, 1.165) is 28.8 Å². The van der Waals surface area contributed by atoms with Crippen LogP contribution in [-0.4, -0.2) is 33.8 Å². The molecule has 0 atom stereocenters. The Morgan fingerprint density at radius 3 is 2.75 bits per heavy atom. The Balaban J connectivity index is 1.34. The molecule has 2 aromatic heterocycles. The molecule has 0 spiro atoms. The summed E-state index contributed by atoms with van der Waals surface area (Å²) in [7, 11) is 1.68. The van der Waals surface area contributed by atoms with Crippen molar-refractivity contribution in [2.24, 2.45) is 7.05 Å². The molecule has 36 heavy (non-hydrogen) atoms. The molecule has 1 amide bonds. The van der Waals surface area contributed by atoms with Gasteiger partial charge < -0.3 is 10.1 Å². The third-order valence-electron chi connectivity index (χ3n) is 6.15. The molecule has 0 fully saturated rings. The number of carbonyl (C=O) groups excluding carboxylic acids is 2. The molecule has 9 heteroatoms. The highest BCUT2D eigenvalue weighted by Crippen LogP contribution is 2.45. The Hall–Kier alpha value is -3.43. The predicted molar refractivity (Wildman–Crippen MR) is 144 cm³/mol. The van der Waals surface area contributed by atoms with E-state index in [0.29, 0.717) is 32.4 Å². The maximum atomic E-state index is 12.9. The number of rotatable bonds is 7. The van der Waals surface area contributed by atoms with Crippen molar-refractivity contribution in [3.63, 3.8) is 0 Å². The first-order valence-electron chi connectivity index (χ1n) is 11.8. The minimum atomic E-state index is -0.408. The minimum absolute atomic E-state index is 0.115. The lowest BCUT2D eigenvalue weighted by Crippen LogP contribution is -2.20. The molecule has 5 rings (SSSR count). The summed E-state index contributed by atoms with van der Waals surface area (Å²) >= 11 is 2.78. The highest BCUT2D eigenvalue weighted by Gasteiger charge is 2.29. The van der Waals surface area contributed by atoms with Crippen molar-refractivity contribution in [1.29, 1.82) is 0 Å². The van der Waals surface area contributed by atoms with Gasteiger partial charge in [0, 0.05) is 24.1 Å². The van der Waals surface area contributed by atoms with Gasteiger partial charge in [0.05, 0.1) is 23.1 Å². The molecular weight excluding hydrogens is 494 g/mol. The van der Waals surface area contributed by atoms with Gasteiger partial charge in [-0.2, -0.15) is 0 Å². The zero-order chi connectivity index (χ0) is 25.2. The molecule has 0 bridgehead atoms. The topological polar surface area (TPSA) is 90.3 Å². The quantitative estimate of drug-likeness (QED) is 0.209. The van der Waals surface area contributed by atoms with Crippen molar-refractivity contribution in [2.45, 2.75) is 31.3 Å². The van der Waals surface area contributed by atoms with E-state index in [1.54, 1.807) is 26.1 Å². The average molecular weight is 520 g/mol. The summed E-state index contributed by atoms with van der Waals surface area (Å²) < 4.78 is 6.84. The Morgan fingerprint density at radius 2 is 1.92 bits per heavy atom. The third-order valence-corrected chi connectivity index (χ3v) is 8.36. The van der Waals surface area contributed by atoms with Crippen molar-refractivity contribution in [3.05, 3.63) is 75.6 Å². The Kier molecular flexibility index (Phi) is 6.93. The predicted octanol–water partition coefficient (Wildman–Crippen LogP) is 5.06. The van der Waals surface area contributed by atoms with Crippen LogP contribution in [0.2, 0.25) is 0 Å². The molecule has 4 aromatic rings. The first-order chi connectivity index (χ1) is 17.5. The van der Waals surface area contributed by atoms with Crippen LogP contribution in [0.4, 0.5) is 5.00 Å². The van der Waals surface area contributed by atoms with Crippen LogP contribution >= 0.6 is 23.1 Å². The number of benzene rings is 2. The number of aromatic nitrogens is 2. The van der Waals surface area contributed by atoms with Crippen molar-refractivity contribution in [1.82, 2.24) is 9.55 Å². The number of nitrogens with one attached hydrogen (secondary N) is 1. The monoisotopic (exact) mass is 519 g/mol. The summed E-state index contributed by atoms with van der Waals surface area (Å²) in [4.78, 5) is 44.0. The summed E-state index contributed by atoms with van der Waals surface area (Å²) in [6, 6.07) is 15.4. The smallest absolute Gasteiger partial charge is 0.341 e. The van der Waals surface area contributed by atoms with Gasteiger partial charge in [-0.25, -0.2) is 9.78 Å². The number of para-hydroxylation sites is 1. The summed E-state index contributed by atoms with van der Waals surface area (Å²) in [6.45, 7) is 2.04. The van der Waals surface area contributed by atoms with E-state index in [1.165, 1.54) is 33.2 Å². The average Bonchev–Trinajstić information content (AvgIpc) is 3.25. The van der Waals surface area contributed by atoms with Crippen molar-refractivity contribution in [3.8, 4) is 10.4 Å². The minimum Gasteiger partial charge on any atom is -0.462 e. The Morgan fingerprint density at radius 1 is 1.14 bits per heavy atom. The Labute approximate surface area is 216 Å². The van der Waals surface area contributed by atoms with Gasteiger partial charge in [0.1, 0.15) is 5.00 Å². The summed E-state index contributed by atoms with van der Waals surface area (Å²) in [6.07, 6.45) is 1.77. The molecule has 1 aliphatic rings. The molecule has 0 radical (unpaired) electrons. The highest BCUT2D eigenvalue weighted by molar-refractivity contribution is 7.99. The van der Waals surface area contributed by atoms with E-state index in [-0.39, 0.29) is 24.5 Å². The van der Waals surface area contributed by atoms with Gasteiger partial charge in [0.2, 0.25) is 5.91 Å². The maximum absolute atomic E-state index is 12.9. The van der Waals surface area contributed by atoms with Gasteiger partial charge in [-0.15, -0.1) is 11.3 Å². The Bertz CT molecular complexity index is 1540. The summed E-state index contributed by atoms with van der Waals surface area (Å²) in [5.74, 6) is -0.173. The first-order valence-corrected chi connectivity index (χ1v) is 13.6. The lowest BCUT2D eigenvalue weighted by molar-refractivity contribution is -0.115. The molecule has 1 N–H and O–H groups in total. The van der Waals surface area contributed by atoms with Gasteiger partial charge >= 0.3 is 5.97 Å². The highest BCUT2D eigenvalue weighted by atomic mass is 32.2. The second-order valence-electron chi connectivity index (χ2n) is 8.41. The number of aryl methyl sites for hydroxylation is 1. The van der Waals surface area contributed by atoms with Gasteiger partial charge in [0.15, 0.2) is 5.16 Å². The van der Waals surface area contributed by atoms with Gasteiger partial charge in [0.25, 0.3) is 5.56 Å². The number of esters is 1. The van der Waals surface area contributed by atoms with Crippen molar-refractivity contribution < 1.29 is 14.3 Å². The molecule has 0 saturated heterocycles. The number of fused-ring (bicyclic) bond motifs is 4. The van der Waals surface area contributed by atoms with E-state index in [1.807, 2.05) is 24.3 Å². The number of thioether (sulfide) groups is 1. The van der Waals surface area contributed by atoms with Crippen LogP contribution in [0.25, 0.3) is 21.3 Å². The third kappa shape index (κ3) is 4.56. The SMILES string of the molecule is CCOC(=O)c1c(NC(=O)CCSc2nc3ccccc3c(=O)n2C)sc2c1CCc1ccccc1-2. The van der Waals surface area contributed by atoms with Gasteiger partial charge in [-0.05, 0) is 48.6 Å². The first kappa shape index (κ1) is 24.3. The van der Waals surface area contributed by atoms with Crippen LogP contribution in [0.15, 0.2) is 58.5 Å². The fourth-order valence-corrected chi connectivity index (χ4v) is 6.62. The number of hydrogen-bond acceptors (Lipinski definition) is 7. The zero-order valence-corrected chi connectivity index (χ0v) is 21.6. The molecule has 184 valence electrons.